The van der Waals surface area contributed by atoms with Crippen molar-refractivity contribution in [2.45, 2.75) is 32.4 Å². The Kier molecular flexibility index (Phi) is 4.25. The fourth-order valence-corrected chi connectivity index (χ4v) is 2.76. The molecule has 0 bridgehead atoms. The van der Waals surface area contributed by atoms with Gasteiger partial charge in [-0.2, -0.15) is 0 Å². The minimum Gasteiger partial charge on any atom is -0.392 e. The van der Waals surface area contributed by atoms with Gasteiger partial charge < -0.3 is 14.9 Å². The highest BCUT2D eigenvalue weighted by Crippen LogP contribution is 2.26. The van der Waals surface area contributed by atoms with Gasteiger partial charge in [0.25, 0.3) is 0 Å². The Hall–Kier alpha value is -1.06. The van der Waals surface area contributed by atoms with Crippen LogP contribution in [0.15, 0.2) is 18.2 Å². The summed E-state index contributed by atoms with van der Waals surface area (Å²) < 4.78 is 0. The molecule has 0 amide bonds. The van der Waals surface area contributed by atoms with Crippen molar-refractivity contribution in [3.05, 3.63) is 29.3 Å². The maximum atomic E-state index is 9.50. The van der Waals surface area contributed by atoms with E-state index >= 15 is 0 Å². The number of benzene rings is 1. The van der Waals surface area contributed by atoms with E-state index in [1.54, 1.807) is 0 Å². The summed E-state index contributed by atoms with van der Waals surface area (Å²) in [5.74, 6) is 0. The summed E-state index contributed by atoms with van der Waals surface area (Å²) >= 11 is 0. The van der Waals surface area contributed by atoms with E-state index in [1.165, 1.54) is 24.1 Å². The molecule has 2 rings (SSSR count). The number of hydrogen-bond donors (Lipinski definition) is 1. The number of aliphatic hydroxyl groups excluding tert-OH is 1. The first kappa shape index (κ1) is 13.4. The van der Waals surface area contributed by atoms with E-state index < -0.39 is 0 Å². The van der Waals surface area contributed by atoms with Crippen LogP contribution in [0, 0.1) is 6.92 Å². The fourth-order valence-electron chi connectivity index (χ4n) is 2.76. The highest BCUT2D eigenvalue weighted by atomic mass is 16.3. The van der Waals surface area contributed by atoms with Gasteiger partial charge in [0, 0.05) is 24.3 Å². The third-order valence-corrected chi connectivity index (χ3v) is 4.02. The van der Waals surface area contributed by atoms with Crippen molar-refractivity contribution >= 4 is 5.69 Å². The van der Waals surface area contributed by atoms with Gasteiger partial charge in [0.2, 0.25) is 0 Å². The number of hydrogen-bond acceptors (Lipinski definition) is 3. The second-order valence-corrected chi connectivity index (χ2v) is 5.44. The second-order valence-electron chi connectivity index (χ2n) is 5.44. The normalized spacial score (nSPS) is 18.0. The SMILES string of the molecule is Cc1ccc(N(C)C2CCN(C)CC2)c(CO)c1. The number of aliphatic hydroxyl groups is 1. The van der Waals surface area contributed by atoms with Crippen LogP contribution in [-0.4, -0.2) is 43.2 Å². The van der Waals surface area contributed by atoms with Crippen LogP contribution in [-0.2, 0) is 6.61 Å². The molecule has 0 atom stereocenters. The molecule has 0 spiro atoms. The lowest BCUT2D eigenvalue weighted by atomic mass is 10.0. The van der Waals surface area contributed by atoms with Gasteiger partial charge >= 0.3 is 0 Å². The average Bonchev–Trinajstić information content (AvgIpc) is 2.38. The van der Waals surface area contributed by atoms with E-state index in [9.17, 15) is 5.11 Å². The molecule has 3 nitrogen and oxygen atoms in total. The Morgan fingerprint density at radius 1 is 1.33 bits per heavy atom. The largest absolute Gasteiger partial charge is 0.392 e. The quantitative estimate of drug-likeness (QED) is 0.886. The Bertz CT molecular complexity index is 397. The summed E-state index contributed by atoms with van der Waals surface area (Å²) in [7, 11) is 4.33. The Labute approximate surface area is 110 Å². The van der Waals surface area contributed by atoms with Gasteiger partial charge in [0.15, 0.2) is 0 Å². The number of aryl methyl sites for hydroxylation is 1. The van der Waals surface area contributed by atoms with Crippen molar-refractivity contribution in [3.63, 3.8) is 0 Å². The van der Waals surface area contributed by atoms with Crippen LogP contribution in [0.3, 0.4) is 0 Å². The minimum absolute atomic E-state index is 0.119. The lowest BCUT2D eigenvalue weighted by Crippen LogP contribution is -2.42. The molecule has 1 saturated heterocycles. The molecule has 0 unspecified atom stereocenters. The summed E-state index contributed by atoms with van der Waals surface area (Å²) in [5.41, 5.74) is 3.42. The first-order valence-corrected chi connectivity index (χ1v) is 6.73. The van der Waals surface area contributed by atoms with Crippen LogP contribution in [0.2, 0.25) is 0 Å². The van der Waals surface area contributed by atoms with E-state index in [4.69, 9.17) is 0 Å². The van der Waals surface area contributed by atoms with E-state index in [1.807, 2.05) is 0 Å². The van der Waals surface area contributed by atoms with Gasteiger partial charge in [-0.15, -0.1) is 0 Å². The van der Waals surface area contributed by atoms with Gasteiger partial charge in [-0.25, -0.2) is 0 Å². The molecule has 0 saturated carbocycles. The summed E-state index contributed by atoms with van der Waals surface area (Å²) in [5, 5.41) is 9.50. The Balaban J connectivity index is 2.15. The van der Waals surface area contributed by atoms with Gasteiger partial charge in [-0.05, 0) is 46.0 Å². The molecule has 1 N–H and O–H groups in total. The zero-order valence-corrected chi connectivity index (χ0v) is 11.7. The highest BCUT2D eigenvalue weighted by molar-refractivity contribution is 5.55. The van der Waals surface area contributed by atoms with Crippen molar-refractivity contribution in [2.24, 2.45) is 0 Å². The topological polar surface area (TPSA) is 26.7 Å². The molecule has 1 aromatic carbocycles. The average molecular weight is 248 g/mol. The first-order valence-electron chi connectivity index (χ1n) is 6.73. The third kappa shape index (κ3) is 2.85. The first-order chi connectivity index (χ1) is 8.61. The molecule has 0 radical (unpaired) electrons. The summed E-state index contributed by atoms with van der Waals surface area (Å²) in [6, 6.07) is 6.94. The van der Waals surface area contributed by atoms with E-state index in [2.05, 4.69) is 49.0 Å². The smallest absolute Gasteiger partial charge is 0.0702 e. The van der Waals surface area contributed by atoms with Crippen molar-refractivity contribution in [1.82, 2.24) is 4.90 Å². The molecular formula is C15H24N2O. The van der Waals surface area contributed by atoms with Crippen molar-refractivity contribution in [2.75, 3.05) is 32.1 Å². The number of rotatable bonds is 3. The van der Waals surface area contributed by atoms with Gasteiger partial charge in [0.1, 0.15) is 0 Å². The zero-order chi connectivity index (χ0) is 13.1. The highest BCUT2D eigenvalue weighted by Gasteiger charge is 2.22. The summed E-state index contributed by atoms with van der Waals surface area (Å²) in [6.45, 7) is 4.51. The van der Waals surface area contributed by atoms with E-state index in [0.29, 0.717) is 6.04 Å². The second kappa shape index (κ2) is 5.72. The maximum absolute atomic E-state index is 9.50. The van der Waals surface area contributed by atoms with Gasteiger partial charge in [0.05, 0.1) is 6.61 Å². The third-order valence-electron chi connectivity index (χ3n) is 4.02. The summed E-state index contributed by atoms with van der Waals surface area (Å²) in [6.07, 6.45) is 2.40. The van der Waals surface area contributed by atoms with Crippen LogP contribution in [0.1, 0.15) is 24.0 Å². The van der Waals surface area contributed by atoms with E-state index in [0.717, 1.165) is 18.7 Å². The van der Waals surface area contributed by atoms with E-state index in [-0.39, 0.29) is 6.61 Å². The van der Waals surface area contributed by atoms with Crippen molar-refractivity contribution in [1.29, 1.82) is 0 Å². The molecule has 1 aliphatic heterocycles. The van der Waals surface area contributed by atoms with Crippen LogP contribution in [0.4, 0.5) is 5.69 Å². The number of anilines is 1. The number of likely N-dealkylation sites (tertiary alicyclic amines) is 1. The van der Waals surface area contributed by atoms with Gasteiger partial charge in [-0.3, -0.25) is 0 Å². The fraction of sp³-hybridized carbons (Fsp3) is 0.600. The van der Waals surface area contributed by atoms with Crippen molar-refractivity contribution < 1.29 is 5.11 Å². The monoisotopic (exact) mass is 248 g/mol. The molecule has 0 aromatic heterocycles. The van der Waals surface area contributed by atoms with Gasteiger partial charge in [-0.1, -0.05) is 17.7 Å². The predicted molar refractivity (Wildman–Crippen MR) is 76.0 cm³/mol. The molecule has 1 aliphatic rings. The number of piperidine rings is 1. The lowest BCUT2D eigenvalue weighted by Gasteiger charge is -2.37. The molecule has 100 valence electrons. The molecule has 1 aromatic rings. The standard InChI is InChI=1S/C15H24N2O/c1-12-4-5-15(13(10-12)11-18)17(3)14-6-8-16(2)9-7-14/h4-5,10,14,18H,6-9,11H2,1-3H3. The maximum Gasteiger partial charge on any atom is 0.0702 e. The molecule has 1 fully saturated rings. The predicted octanol–water partition coefficient (Wildman–Crippen LogP) is 2.02. The molecule has 0 aliphatic carbocycles. The van der Waals surface area contributed by atoms with Crippen LogP contribution in [0.5, 0.6) is 0 Å². The lowest BCUT2D eigenvalue weighted by molar-refractivity contribution is 0.251. The molecule has 18 heavy (non-hydrogen) atoms. The Morgan fingerprint density at radius 2 is 2.00 bits per heavy atom. The summed E-state index contributed by atoms with van der Waals surface area (Å²) in [4.78, 5) is 4.73. The Morgan fingerprint density at radius 3 is 2.61 bits per heavy atom. The molecular weight excluding hydrogens is 224 g/mol. The minimum atomic E-state index is 0.119. The van der Waals surface area contributed by atoms with Crippen LogP contribution < -0.4 is 4.90 Å². The van der Waals surface area contributed by atoms with Crippen LogP contribution in [0.25, 0.3) is 0 Å². The molecule has 1 heterocycles. The number of nitrogens with zero attached hydrogens (tertiary/aromatic N) is 2. The van der Waals surface area contributed by atoms with Crippen LogP contribution >= 0.6 is 0 Å². The molecule has 3 heteroatoms. The van der Waals surface area contributed by atoms with Crippen molar-refractivity contribution in [3.8, 4) is 0 Å². The zero-order valence-electron chi connectivity index (χ0n) is 11.7.